The molecule has 5 nitrogen and oxygen atoms in total. The zero-order valence-electron chi connectivity index (χ0n) is 13.3. The van der Waals surface area contributed by atoms with Crippen molar-refractivity contribution in [3.63, 3.8) is 0 Å². The second kappa shape index (κ2) is 9.37. The van der Waals surface area contributed by atoms with Gasteiger partial charge in [-0.3, -0.25) is 0 Å². The molecule has 0 radical (unpaired) electrons. The number of hydrogen-bond donors (Lipinski definition) is 1. The molecule has 6 heteroatoms. The first kappa shape index (κ1) is 17.6. The maximum atomic E-state index is 5.71. The highest BCUT2D eigenvalue weighted by atomic mass is 79.9. The molecule has 0 spiro atoms. The summed E-state index contributed by atoms with van der Waals surface area (Å²) >= 11 is 3.50. The molecular weight excluding hydrogens is 360 g/mol. The maximum Gasteiger partial charge on any atom is 0.213 e. The molecule has 0 saturated carbocycles. The van der Waals surface area contributed by atoms with E-state index in [0.717, 1.165) is 21.5 Å². The van der Waals surface area contributed by atoms with E-state index in [1.807, 2.05) is 37.3 Å². The highest BCUT2D eigenvalue weighted by molar-refractivity contribution is 9.10. The lowest BCUT2D eigenvalue weighted by Gasteiger charge is -2.15. The van der Waals surface area contributed by atoms with E-state index < -0.39 is 0 Å². The molecule has 23 heavy (non-hydrogen) atoms. The van der Waals surface area contributed by atoms with Crippen molar-refractivity contribution in [2.24, 2.45) is 0 Å². The van der Waals surface area contributed by atoms with Crippen LogP contribution in [0.2, 0.25) is 0 Å². The van der Waals surface area contributed by atoms with Gasteiger partial charge in [-0.2, -0.15) is 0 Å². The number of benzene rings is 1. The summed E-state index contributed by atoms with van der Waals surface area (Å²) in [5.74, 6) is 2.13. The standard InChI is InChI=1S/C17H21BrN2O3/c1-3-22-17-13(10-14(18)11-15(17)21-2)12-19-8-9-23-16-6-4-5-7-20-16/h4-7,10-11,19H,3,8-9,12H2,1-2H3. The van der Waals surface area contributed by atoms with Crippen LogP contribution >= 0.6 is 15.9 Å². The van der Waals surface area contributed by atoms with Crippen LogP contribution in [0.25, 0.3) is 0 Å². The summed E-state index contributed by atoms with van der Waals surface area (Å²) in [6.07, 6.45) is 1.71. The molecule has 0 aliphatic rings. The van der Waals surface area contributed by atoms with Gasteiger partial charge in [-0.15, -0.1) is 0 Å². The number of rotatable bonds is 9. The van der Waals surface area contributed by atoms with Gasteiger partial charge in [-0.25, -0.2) is 4.98 Å². The van der Waals surface area contributed by atoms with Crippen LogP contribution in [0.15, 0.2) is 41.0 Å². The number of nitrogens with zero attached hydrogens (tertiary/aromatic N) is 1. The average Bonchev–Trinajstić information content (AvgIpc) is 2.57. The Balaban J connectivity index is 1.88. The third-order valence-electron chi connectivity index (χ3n) is 3.09. The molecule has 0 fully saturated rings. The monoisotopic (exact) mass is 380 g/mol. The van der Waals surface area contributed by atoms with E-state index in [1.165, 1.54) is 0 Å². The second-order valence-corrected chi connectivity index (χ2v) is 5.64. The van der Waals surface area contributed by atoms with Gasteiger partial charge in [0.1, 0.15) is 6.61 Å². The molecule has 0 aliphatic heterocycles. The Hall–Kier alpha value is -1.79. The first-order chi connectivity index (χ1) is 11.2. The fourth-order valence-electron chi connectivity index (χ4n) is 2.10. The van der Waals surface area contributed by atoms with Crippen LogP contribution < -0.4 is 19.5 Å². The van der Waals surface area contributed by atoms with Gasteiger partial charge in [-0.05, 0) is 25.1 Å². The molecule has 1 heterocycles. The summed E-state index contributed by atoms with van der Waals surface area (Å²) in [5, 5.41) is 3.34. The Morgan fingerprint density at radius 1 is 1.22 bits per heavy atom. The van der Waals surface area contributed by atoms with E-state index >= 15 is 0 Å². The first-order valence-electron chi connectivity index (χ1n) is 7.48. The smallest absolute Gasteiger partial charge is 0.213 e. The number of nitrogens with one attached hydrogen (secondary N) is 1. The van der Waals surface area contributed by atoms with Crippen molar-refractivity contribution in [3.8, 4) is 17.4 Å². The number of ether oxygens (including phenoxy) is 3. The van der Waals surface area contributed by atoms with Crippen LogP contribution in [0.5, 0.6) is 17.4 Å². The van der Waals surface area contributed by atoms with Crippen molar-refractivity contribution in [3.05, 3.63) is 46.6 Å². The zero-order valence-corrected chi connectivity index (χ0v) is 14.9. The van der Waals surface area contributed by atoms with E-state index in [0.29, 0.717) is 32.2 Å². The fraction of sp³-hybridized carbons (Fsp3) is 0.353. The van der Waals surface area contributed by atoms with Gasteiger partial charge in [0.15, 0.2) is 11.5 Å². The number of aromatic nitrogens is 1. The minimum atomic E-state index is 0.548. The van der Waals surface area contributed by atoms with Crippen LogP contribution in [0.4, 0.5) is 0 Å². The van der Waals surface area contributed by atoms with Crippen molar-refractivity contribution < 1.29 is 14.2 Å². The topological polar surface area (TPSA) is 52.6 Å². The minimum absolute atomic E-state index is 0.548. The van der Waals surface area contributed by atoms with Gasteiger partial charge in [-0.1, -0.05) is 22.0 Å². The van der Waals surface area contributed by atoms with Gasteiger partial charge in [0, 0.05) is 35.4 Å². The third-order valence-corrected chi connectivity index (χ3v) is 3.54. The molecule has 0 saturated heterocycles. The van der Waals surface area contributed by atoms with E-state index in [2.05, 4.69) is 26.2 Å². The second-order valence-electron chi connectivity index (χ2n) is 4.72. The predicted molar refractivity (Wildman–Crippen MR) is 93.3 cm³/mol. The Kier molecular flexibility index (Phi) is 7.16. The van der Waals surface area contributed by atoms with Crippen molar-refractivity contribution in [2.75, 3.05) is 26.9 Å². The zero-order chi connectivity index (χ0) is 16.5. The molecular formula is C17H21BrN2O3. The normalized spacial score (nSPS) is 10.4. The Labute approximate surface area is 145 Å². The minimum Gasteiger partial charge on any atom is -0.493 e. The summed E-state index contributed by atoms with van der Waals surface area (Å²) in [4.78, 5) is 4.11. The van der Waals surface area contributed by atoms with E-state index in [-0.39, 0.29) is 0 Å². The van der Waals surface area contributed by atoms with Gasteiger partial charge in [0.05, 0.1) is 13.7 Å². The van der Waals surface area contributed by atoms with E-state index in [9.17, 15) is 0 Å². The largest absolute Gasteiger partial charge is 0.493 e. The predicted octanol–water partition coefficient (Wildman–Crippen LogP) is 3.42. The summed E-state index contributed by atoms with van der Waals surface area (Å²) in [7, 11) is 1.64. The molecule has 1 aromatic heterocycles. The van der Waals surface area contributed by atoms with Crippen LogP contribution in [0.3, 0.4) is 0 Å². The van der Waals surface area contributed by atoms with Crippen molar-refractivity contribution in [2.45, 2.75) is 13.5 Å². The van der Waals surface area contributed by atoms with Gasteiger partial charge >= 0.3 is 0 Å². The van der Waals surface area contributed by atoms with Gasteiger partial charge in [0.2, 0.25) is 5.88 Å². The lowest BCUT2D eigenvalue weighted by atomic mass is 10.2. The molecule has 124 valence electrons. The lowest BCUT2D eigenvalue weighted by Crippen LogP contribution is -2.21. The van der Waals surface area contributed by atoms with Crippen LogP contribution in [0.1, 0.15) is 12.5 Å². The molecule has 1 N–H and O–H groups in total. The average molecular weight is 381 g/mol. The highest BCUT2D eigenvalue weighted by Crippen LogP contribution is 2.34. The van der Waals surface area contributed by atoms with Crippen LogP contribution in [-0.4, -0.2) is 31.9 Å². The lowest BCUT2D eigenvalue weighted by molar-refractivity contribution is 0.296. The molecule has 2 aromatic rings. The molecule has 0 unspecified atom stereocenters. The van der Waals surface area contributed by atoms with E-state index in [4.69, 9.17) is 14.2 Å². The maximum absolute atomic E-state index is 5.71. The van der Waals surface area contributed by atoms with E-state index in [1.54, 1.807) is 13.3 Å². The number of halogens is 1. The summed E-state index contributed by atoms with van der Waals surface area (Å²) in [6, 6.07) is 9.53. The summed E-state index contributed by atoms with van der Waals surface area (Å²) in [6.45, 7) is 4.47. The molecule has 0 amide bonds. The van der Waals surface area contributed by atoms with Crippen molar-refractivity contribution in [1.82, 2.24) is 10.3 Å². The quantitative estimate of drug-likeness (QED) is 0.675. The summed E-state index contributed by atoms with van der Waals surface area (Å²) < 4.78 is 17.6. The molecule has 2 rings (SSSR count). The Morgan fingerprint density at radius 3 is 2.78 bits per heavy atom. The molecule has 0 bridgehead atoms. The molecule has 0 atom stereocenters. The Bertz CT molecular complexity index is 608. The fourth-order valence-corrected chi connectivity index (χ4v) is 2.58. The van der Waals surface area contributed by atoms with Crippen LogP contribution in [0, 0.1) is 0 Å². The van der Waals surface area contributed by atoms with Crippen molar-refractivity contribution in [1.29, 1.82) is 0 Å². The third kappa shape index (κ3) is 5.41. The Morgan fingerprint density at radius 2 is 2.09 bits per heavy atom. The first-order valence-corrected chi connectivity index (χ1v) is 8.27. The number of methoxy groups -OCH3 is 1. The molecule has 1 aromatic carbocycles. The van der Waals surface area contributed by atoms with Gasteiger partial charge in [0.25, 0.3) is 0 Å². The van der Waals surface area contributed by atoms with Gasteiger partial charge < -0.3 is 19.5 Å². The number of hydrogen-bond acceptors (Lipinski definition) is 5. The number of pyridine rings is 1. The molecule has 0 aliphatic carbocycles. The highest BCUT2D eigenvalue weighted by Gasteiger charge is 2.12. The van der Waals surface area contributed by atoms with Crippen molar-refractivity contribution >= 4 is 15.9 Å². The van der Waals surface area contributed by atoms with Crippen LogP contribution in [-0.2, 0) is 6.54 Å². The SMILES string of the molecule is CCOc1c(CNCCOc2ccccn2)cc(Br)cc1OC. The summed E-state index contributed by atoms with van der Waals surface area (Å²) in [5.41, 5.74) is 1.04.